The smallest absolute Gasteiger partial charge is 0.0159 e. The topological polar surface area (TPSA) is 0 Å². The summed E-state index contributed by atoms with van der Waals surface area (Å²) in [5, 5.41) is 7.66. The minimum Gasteiger partial charge on any atom is -0.0622 e. The Morgan fingerprint density at radius 3 is 1.37 bits per heavy atom. The molecule has 0 heteroatoms. The molecule has 10 aromatic carbocycles. The monoisotopic (exact) mass is 764 g/mol. The molecule has 0 aromatic heterocycles. The Balaban J connectivity index is 1.06. The van der Waals surface area contributed by atoms with Gasteiger partial charge < -0.3 is 0 Å². The van der Waals surface area contributed by atoms with E-state index in [0.717, 1.165) is 0 Å². The molecule has 0 saturated heterocycles. The lowest BCUT2D eigenvalue weighted by molar-refractivity contribution is 0.660. The fourth-order valence-corrected chi connectivity index (χ4v) is 10.9. The number of hydrogen-bond acceptors (Lipinski definition) is 0. The highest BCUT2D eigenvalue weighted by atomic mass is 14.4. The Morgan fingerprint density at radius 2 is 0.683 bits per heavy atom. The summed E-state index contributed by atoms with van der Waals surface area (Å²) in [7, 11) is 0. The van der Waals surface area contributed by atoms with Gasteiger partial charge >= 0.3 is 0 Å². The first-order valence-corrected chi connectivity index (χ1v) is 21.3. The van der Waals surface area contributed by atoms with Crippen LogP contribution in [0.3, 0.4) is 0 Å². The fraction of sp³-hybridized carbons (Fsp3) is 0.100. The lowest BCUT2D eigenvalue weighted by Crippen LogP contribution is -2.15. The van der Waals surface area contributed by atoms with Gasteiger partial charge in [-0.25, -0.2) is 0 Å². The van der Waals surface area contributed by atoms with Crippen LogP contribution in [0.15, 0.2) is 194 Å². The number of fused-ring (bicyclic) bond motifs is 9. The fourth-order valence-electron chi connectivity index (χ4n) is 10.9. The van der Waals surface area contributed by atoms with Gasteiger partial charge in [-0.3, -0.25) is 0 Å². The van der Waals surface area contributed by atoms with E-state index >= 15 is 0 Å². The molecule has 0 saturated carbocycles. The van der Waals surface area contributed by atoms with Gasteiger partial charge in [0.1, 0.15) is 0 Å². The van der Waals surface area contributed by atoms with Crippen molar-refractivity contribution in [3.05, 3.63) is 216 Å². The first kappa shape index (κ1) is 35.0. The van der Waals surface area contributed by atoms with Gasteiger partial charge in [-0.05, 0) is 152 Å². The van der Waals surface area contributed by atoms with E-state index in [0.29, 0.717) is 0 Å². The summed E-state index contributed by atoms with van der Waals surface area (Å²) in [6.45, 7) is 9.58. The third-order valence-electron chi connectivity index (χ3n) is 14.1. The maximum absolute atomic E-state index is 2.51. The molecule has 0 fully saturated rings. The normalized spacial score (nSPS) is 14.3. The molecule has 0 bridgehead atoms. The molecule has 0 nitrogen and oxygen atoms in total. The van der Waals surface area contributed by atoms with Crippen molar-refractivity contribution in [2.24, 2.45) is 0 Å². The molecular weight excluding hydrogens is 721 g/mol. The molecule has 0 N–H and O–H groups in total. The van der Waals surface area contributed by atoms with Crippen LogP contribution >= 0.6 is 0 Å². The van der Waals surface area contributed by atoms with E-state index in [-0.39, 0.29) is 10.8 Å². The largest absolute Gasteiger partial charge is 0.0622 e. The third-order valence-corrected chi connectivity index (χ3v) is 14.1. The standard InChI is InChI=1S/C60H44/c1-59(2)53-21-13-12-18-45(53)46-29-27-44(36-55(46)59)58-50-20-11-10-19-49(50)57(51-31-25-41(33-52(51)58)37-14-6-5-7-15-37)43-26-30-48-47-28-24-42(34-54(47)60(3,4)56(48)35-43)40-23-22-38-16-8-9-17-39(38)32-40/h5-36H,1-4H3. The van der Waals surface area contributed by atoms with E-state index in [1.54, 1.807) is 0 Å². The Kier molecular flexibility index (Phi) is 7.42. The van der Waals surface area contributed by atoms with Crippen LogP contribution in [0.1, 0.15) is 49.9 Å². The van der Waals surface area contributed by atoms with Crippen LogP contribution in [0, 0.1) is 0 Å². The molecule has 0 radical (unpaired) electrons. The second-order valence-corrected chi connectivity index (χ2v) is 18.1. The highest BCUT2D eigenvalue weighted by molar-refractivity contribution is 6.22. The molecular formula is C60H44. The zero-order valence-electron chi connectivity index (χ0n) is 34.5. The summed E-state index contributed by atoms with van der Waals surface area (Å²) in [6.07, 6.45) is 0. The Morgan fingerprint density at radius 1 is 0.250 bits per heavy atom. The quantitative estimate of drug-likeness (QED) is 0.157. The maximum atomic E-state index is 2.51. The second-order valence-electron chi connectivity index (χ2n) is 18.1. The summed E-state index contributed by atoms with van der Waals surface area (Å²) < 4.78 is 0. The van der Waals surface area contributed by atoms with Crippen LogP contribution in [0.2, 0.25) is 0 Å². The molecule has 10 aromatic rings. The molecule has 0 atom stereocenters. The Labute approximate surface area is 352 Å². The second kappa shape index (κ2) is 12.7. The van der Waals surface area contributed by atoms with Crippen LogP contribution in [-0.4, -0.2) is 0 Å². The van der Waals surface area contributed by atoms with E-state index < -0.39 is 0 Å². The number of hydrogen-bond donors (Lipinski definition) is 0. The molecule has 0 amide bonds. The Bertz CT molecular complexity index is 3410. The summed E-state index contributed by atoms with van der Waals surface area (Å²) in [5.74, 6) is 0. The minimum absolute atomic E-state index is 0.0896. The highest BCUT2D eigenvalue weighted by Gasteiger charge is 2.37. The van der Waals surface area contributed by atoms with Crippen molar-refractivity contribution in [1.82, 2.24) is 0 Å². The predicted octanol–water partition coefficient (Wildman–Crippen LogP) is 16.4. The van der Waals surface area contributed by atoms with Gasteiger partial charge in [0.2, 0.25) is 0 Å². The molecule has 60 heavy (non-hydrogen) atoms. The summed E-state index contributed by atoms with van der Waals surface area (Å²) in [5.41, 5.74) is 20.8. The van der Waals surface area contributed by atoms with Gasteiger partial charge in [0.25, 0.3) is 0 Å². The van der Waals surface area contributed by atoms with Gasteiger partial charge in [-0.2, -0.15) is 0 Å². The molecule has 2 aliphatic rings. The average Bonchev–Trinajstić information content (AvgIpc) is 3.66. The van der Waals surface area contributed by atoms with Crippen LogP contribution in [0.5, 0.6) is 0 Å². The molecule has 2 aliphatic carbocycles. The SMILES string of the molecule is CC1(C)c2ccccc2-c2ccc(-c3c4ccccc4c(-c4ccc5c(c4)C(C)(C)c4cc(-c6ccc7ccccc7c6)ccc4-5)c4ccc(-c5ccccc5)cc34)cc21. The van der Waals surface area contributed by atoms with Gasteiger partial charge in [-0.15, -0.1) is 0 Å². The molecule has 12 rings (SSSR count). The summed E-state index contributed by atoms with van der Waals surface area (Å²) >= 11 is 0. The molecule has 0 spiro atoms. The zero-order valence-corrected chi connectivity index (χ0v) is 34.5. The van der Waals surface area contributed by atoms with Gasteiger partial charge in [0, 0.05) is 10.8 Å². The highest BCUT2D eigenvalue weighted by Crippen LogP contribution is 2.54. The van der Waals surface area contributed by atoms with Crippen molar-refractivity contribution >= 4 is 32.3 Å². The average molecular weight is 765 g/mol. The minimum atomic E-state index is -0.172. The molecule has 0 heterocycles. The Hall–Kier alpha value is -7.02. The van der Waals surface area contributed by atoms with E-state index in [4.69, 9.17) is 0 Å². The van der Waals surface area contributed by atoms with E-state index in [1.165, 1.54) is 121 Å². The van der Waals surface area contributed by atoms with Gasteiger partial charge in [0.05, 0.1) is 0 Å². The lowest BCUT2D eigenvalue weighted by atomic mass is 9.79. The van der Waals surface area contributed by atoms with Crippen molar-refractivity contribution < 1.29 is 0 Å². The van der Waals surface area contributed by atoms with Crippen molar-refractivity contribution in [2.75, 3.05) is 0 Å². The predicted molar refractivity (Wildman–Crippen MR) is 256 cm³/mol. The molecule has 284 valence electrons. The van der Waals surface area contributed by atoms with Gasteiger partial charge in [-0.1, -0.05) is 191 Å². The van der Waals surface area contributed by atoms with Crippen LogP contribution in [0.4, 0.5) is 0 Å². The molecule has 0 unspecified atom stereocenters. The van der Waals surface area contributed by atoms with Crippen LogP contribution in [-0.2, 0) is 10.8 Å². The summed E-state index contributed by atoms with van der Waals surface area (Å²) in [4.78, 5) is 0. The van der Waals surface area contributed by atoms with E-state index in [9.17, 15) is 0 Å². The van der Waals surface area contributed by atoms with Gasteiger partial charge in [0.15, 0.2) is 0 Å². The lowest BCUT2D eigenvalue weighted by Gasteiger charge is -2.24. The number of benzene rings is 10. The number of rotatable bonds is 4. The van der Waals surface area contributed by atoms with Crippen molar-refractivity contribution in [3.63, 3.8) is 0 Å². The van der Waals surface area contributed by atoms with E-state index in [2.05, 4.69) is 222 Å². The first-order valence-electron chi connectivity index (χ1n) is 21.3. The zero-order chi connectivity index (χ0) is 40.3. The maximum Gasteiger partial charge on any atom is 0.0159 e. The summed E-state index contributed by atoms with van der Waals surface area (Å²) in [6, 6.07) is 73.2. The molecule has 0 aliphatic heterocycles. The van der Waals surface area contributed by atoms with Crippen molar-refractivity contribution in [2.45, 2.75) is 38.5 Å². The first-order chi connectivity index (χ1) is 29.3. The van der Waals surface area contributed by atoms with Crippen molar-refractivity contribution in [1.29, 1.82) is 0 Å². The van der Waals surface area contributed by atoms with Crippen molar-refractivity contribution in [3.8, 4) is 66.8 Å². The van der Waals surface area contributed by atoms with Crippen LogP contribution in [0.25, 0.3) is 99.1 Å². The third kappa shape index (κ3) is 5.04. The van der Waals surface area contributed by atoms with E-state index in [1.807, 2.05) is 0 Å². The van der Waals surface area contributed by atoms with Crippen LogP contribution < -0.4 is 0 Å².